The van der Waals surface area contributed by atoms with Gasteiger partial charge in [-0.05, 0) is 43.5 Å². The van der Waals surface area contributed by atoms with Crippen LogP contribution >= 0.6 is 0 Å². The van der Waals surface area contributed by atoms with Crippen molar-refractivity contribution in [3.05, 3.63) is 29.3 Å². The highest BCUT2D eigenvalue weighted by Crippen LogP contribution is 2.35. The zero-order valence-electron chi connectivity index (χ0n) is 12.0. The Labute approximate surface area is 115 Å². The van der Waals surface area contributed by atoms with Gasteiger partial charge in [0, 0.05) is 13.0 Å². The molecule has 2 heterocycles. The molecule has 1 aromatic rings. The first-order valence-electron chi connectivity index (χ1n) is 7.27. The normalized spacial score (nSPS) is 31.0. The third-order valence-corrected chi connectivity index (χ3v) is 4.36. The van der Waals surface area contributed by atoms with Gasteiger partial charge in [-0.25, -0.2) is 0 Å². The van der Waals surface area contributed by atoms with Crippen molar-refractivity contribution in [3.8, 4) is 5.75 Å². The Morgan fingerprint density at radius 3 is 2.84 bits per heavy atom. The van der Waals surface area contributed by atoms with Gasteiger partial charge in [0.25, 0.3) is 0 Å². The third-order valence-electron chi connectivity index (χ3n) is 4.36. The molecule has 0 saturated carbocycles. The maximum atomic E-state index is 5.92. The summed E-state index contributed by atoms with van der Waals surface area (Å²) >= 11 is 0. The quantitative estimate of drug-likeness (QED) is 0.907. The molecule has 104 valence electrons. The van der Waals surface area contributed by atoms with Gasteiger partial charge in [0.1, 0.15) is 11.9 Å². The fourth-order valence-corrected chi connectivity index (χ4v) is 3.30. The average Bonchev–Trinajstić information content (AvgIpc) is 2.95. The van der Waals surface area contributed by atoms with E-state index in [2.05, 4.69) is 37.4 Å². The van der Waals surface area contributed by atoms with Crippen molar-refractivity contribution in [3.63, 3.8) is 0 Å². The molecule has 4 atom stereocenters. The zero-order chi connectivity index (χ0) is 13.4. The van der Waals surface area contributed by atoms with E-state index in [1.165, 1.54) is 11.1 Å². The van der Waals surface area contributed by atoms with E-state index in [1.54, 1.807) is 0 Å². The van der Waals surface area contributed by atoms with Crippen LogP contribution in [0.25, 0.3) is 0 Å². The standard InChI is InChI=1S/C16H23NO2/c1-10-6-7-18-16(10)15(17-3)12-4-5-14-13(9-12)8-11(2)19-14/h4-5,9-11,15-17H,6-8H2,1-3H3. The summed E-state index contributed by atoms with van der Waals surface area (Å²) in [5.74, 6) is 1.66. The van der Waals surface area contributed by atoms with Crippen molar-refractivity contribution in [2.75, 3.05) is 13.7 Å². The van der Waals surface area contributed by atoms with E-state index in [1.807, 2.05) is 7.05 Å². The van der Waals surface area contributed by atoms with Gasteiger partial charge < -0.3 is 14.8 Å². The second kappa shape index (κ2) is 5.14. The van der Waals surface area contributed by atoms with Gasteiger partial charge in [0.2, 0.25) is 0 Å². The highest BCUT2D eigenvalue weighted by Gasteiger charge is 2.33. The molecular formula is C16H23NO2. The minimum Gasteiger partial charge on any atom is -0.490 e. The smallest absolute Gasteiger partial charge is 0.123 e. The highest BCUT2D eigenvalue weighted by molar-refractivity contribution is 5.41. The van der Waals surface area contributed by atoms with Crippen molar-refractivity contribution < 1.29 is 9.47 Å². The molecule has 1 saturated heterocycles. The van der Waals surface area contributed by atoms with E-state index in [9.17, 15) is 0 Å². The Morgan fingerprint density at radius 1 is 1.32 bits per heavy atom. The minimum absolute atomic E-state index is 0.277. The Bertz CT molecular complexity index is 460. The van der Waals surface area contributed by atoms with Crippen LogP contribution in [0.3, 0.4) is 0 Å². The lowest BCUT2D eigenvalue weighted by molar-refractivity contribution is 0.0631. The molecule has 0 aromatic heterocycles. The lowest BCUT2D eigenvalue weighted by Crippen LogP contribution is -2.32. The van der Waals surface area contributed by atoms with Crippen LogP contribution in [0.15, 0.2) is 18.2 Å². The Morgan fingerprint density at radius 2 is 2.16 bits per heavy atom. The molecular weight excluding hydrogens is 238 g/mol. The molecule has 2 aliphatic heterocycles. The van der Waals surface area contributed by atoms with Crippen molar-refractivity contribution >= 4 is 0 Å². The molecule has 0 spiro atoms. The van der Waals surface area contributed by atoms with Crippen LogP contribution in [0.5, 0.6) is 5.75 Å². The molecule has 19 heavy (non-hydrogen) atoms. The third kappa shape index (κ3) is 2.37. The maximum absolute atomic E-state index is 5.92. The number of rotatable bonds is 3. The first-order chi connectivity index (χ1) is 9.19. The summed E-state index contributed by atoms with van der Waals surface area (Å²) in [7, 11) is 2.02. The second-order valence-corrected chi connectivity index (χ2v) is 5.87. The minimum atomic E-state index is 0.277. The van der Waals surface area contributed by atoms with Crippen molar-refractivity contribution in [1.29, 1.82) is 0 Å². The van der Waals surface area contributed by atoms with E-state index >= 15 is 0 Å². The predicted molar refractivity (Wildman–Crippen MR) is 75.6 cm³/mol. The van der Waals surface area contributed by atoms with E-state index in [4.69, 9.17) is 9.47 Å². The fourth-order valence-electron chi connectivity index (χ4n) is 3.30. The van der Waals surface area contributed by atoms with Gasteiger partial charge in [0.15, 0.2) is 0 Å². The molecule has 0 radical (unpaired) electrons. The molecule has 0 aliphatic carbocycles. The van der Waals surface area contributed by atoms with Crippen LogP contribution in [0.4, 0.5) is 0 Å². The van der Waals surface area contributed by atoms with Gasteiger partial charge in [-0.15, -0.1) is 0 Å². The first-order valence-corrected chi connectivity index (χ1v) is 7.27. The van der Waals surface area contributed by atoms with Crippen LogP contribution in [0.2, 0.25) is 0 Å². The molecule has 3 nitrogen and oxygen atoms in total. The summed E-state index contributed by atoms with van der Waals surface area (Å²) in [6.45, 7) is 5.28. The summed E-state index contributed by atoms with van der Waals surface area (Å²) < 4.78 is 11.7. The largest absolute Gasteiger partial charge is 0.490 e. The molecule has 0 amide bonds. The predicted octanol–water partition coefficient (Wildman–Crippen LogP) is 2.70. The summed E-state index contributed by atoms with van der Waals surface area (Å²) in [6.07, 6.45) is 2.76. The molecule has 1 fully saturated rings. The summed E-state index contributed by atoms with van der Waals surface area (Å²) in [5.41, 5.74) is 2.65. The van der Waals surface area contributed by atoms with Gasteiger partial charge in [-0.3, -0.25) is 0 Å². The monoisotopic (exact) mass is 261 g/mol. The summed E-state index contributed by atoms with van der Waals surface area (Å²) in [4.78, 5) is 0. The molecule has 1 aromatic carbocycles. The number of hydrogen-bond donors (Lipinski definition) is 1. The number of likely N-dealkylation sites (N-methyl/N-ethyl adjacent to an activating group) is 1. The maximum Gasteiger partial charge on any atom is 0.123 e. The molecule has 1 N–H and O–H groups in total. The number of hydrogen-bond acceptors (Lipinski definition) is 3. The average molecular weight is 261 g/mol. The van der Waals surface area contributed by atoms with Crippen molar-refractivity contribution in [2.45, 2.75) is 44.9 Å². The SMILES string of the molecule is CNC(c1ccc2c(c1)CC(C)O2)C1OCCC1C. The highest BCUT2D eigenvalue weighted by atomic mass is 16.5. The van der Waals surface area contributed by atoms with Crippen LogP contribution in [0, 0.1) is 5.92 Å². The molecule has 2 aliphatic rings. The molecule has 0 bridgehead atoms. The first kappa shape index (κ1) is 12.9. The van der Waals surface area contributed by atoms with Crippen LogP contribution < -0.4 is 10.1 Å². The van der Waals surface area contributed by atoms with Crippen molar-refractivity contribution in [1.82, 2.24) is 5.32 Å². The Hall–Kier alpha value is -1.06. The molecule has 3 heteroatoms. The Balaban J connectivity index is 1.86. The number of fused-ring (bicyclic) bond motifs is 1. The van der Waals surface area contributed by atoms with Gasteiger partial charge in [-0.2, -0.15) is 0 Å². The lowest BCUT2D eigenvalue weighted by atomic mass is 9.91. The Kier molecular flexibility index (Phi) is 3.50. The van der Waals surface area contributed by atoms with Crippen molar-refractivity contribution in [2.24, 2.45) is 5.92 Å². The van der Waals surface area contributed by atoms with Crippen LogP contribution in [-0.2, 0) is 11.2 Å². The number of ether oxygens (including phenoxy) is 2. The van der Waals surface area contributed by atoms with E-state index in [0.29, 0.717) is 12.0 Å². The molecule has 4 unspecified atom stereocenters. The zero-order valence-corrected chi connectivity index (χ0v) is 12.0. The molecule has 3 rings (SSSR count). The van der Waals surface area contributed by atoms with Gasteiger partial charge >= 0.3 is 0 Å². The van der Waals surface area contributed by atoms with Crippen LogP contribution in [-0.4, -0.2) is 25.9 Å². The second-order valence-electron chi connectivity index (χ2n) is 5.87. The summed E-state index contributed by atoms with van der Waals surface area (Å²) in [6, 6.07) is 6.84. The van der Waals surface area contributed by atoms with E-state index < -0.39 is 0 Å². The van der Waals surface area contributed by atoms with Gasteiger partial charge in [-0.1, -0.05) is 19.1 Å². The van der Waals surface area contributed by atoms with Crippen LogP contribution in [0.1, 0.15) is 37.4 Å². The van der Waals surface area contributed by atoms with E-state index in [0.717, 1.165) is 25.2 Å². The lowest BCUT2D eigenvalue weighted by Gasteiger charge is -2.26. The fraction of sp³-hybridized carbons (Fsp3) is 0.625. The topological polar surface area (TPSA) is 30.5 Å². The van der Waals surface area contributed by atoms with Gasteiger partial charge in [0.05, 0.1) is 12.1 Å². The van der Waals surface area contributed by atoms with E-state index in [-0.39, 0.29) is 12.1 Å². The number of benzene rings is 1. The number of nitrogens with one attached hydrogen (secondary N) is 1. The summed E-state index contributed by atoms with van der Waals surface area (Å²) in [5, 5.41) is 3.43.